The van der Waals surface area contributed by atoms with Crippen molar-refractivity contribution in [3.63, 3.8) is 0 Å². The van der Waals surface area contributed by atoms with E-state index in [4.69, 9.17) is 29.5 Å². The number of nitrogens with zero attached hydrogens (tertiary/aromatic N) is 4. The van der Waals surface area contributed by atoms with E-state index >= 15 is 0 Å². The number of hydrogen-bond acceptors (Lipinski definition) is 6. The number of carbonyl (C=O) groups is 2. The minimum Gasteiger partial charge on any atom is -0.497 e. The van der Waals surface area contributed by atoms with Gasteiger partial charge in [0.2, 0.25) is 0 Å². The molecule has 4 rings (SSSR count). The van der Waals surface area contributed by atoms with E-state index in [0.717, 1.165) is 38.5 Å². The number of hydrogen-bond donors (Lipinski definition) is 2. The minimum absolute atomic E-state index is 0.917. The monoisotopic (exact) mass is 568 g/mol. The number of halogens is 6. The maximum absolute atomic E-state index is 10.6. The van der Waals surface area contributed by atoms with E-state index in [1.807, 2.05) is 12.1 Å². The number of benzene rings is 1. The van der Waals surface area contributed by atoms with E-state index in [1.54, 1.807) is 7.11 Å². The molecule has 0 bridgehead atoms. The Morgan fingerprint density at radius 3 is 1.87 bits per heavy atom. The van der Waals surface area contributed by atoms with E-state index in [2.05, 4.69) is 32.7 Å². The summed E-state index contributed by atoms with van der Waals surface area (Å²) >= 11 is 0. The third-order valence-corrected chi connectivity index (χ3v) is 5.82. The van der Waals surface area contributed by atoms with Gasteiger partial charge in [0.15, 0.2) is 0 Å². The van der Waals surface area contributed by atoms with Crippen molar-refractivity contribution in [2.45, 2.75) is 57.8 Å². The first-order valence-corrected chi connectivity index (χ1v) is 11.9. The summed E-state index contributed by atoms with van der Waals surface area (Å²) in [5.74, 6) is -3.38. The van der Waals surface area contributed by atoms with Crippen molar-refractivity contribution >= 4 is 11.9 Å². The Balaban J connectivity index is 0.000000317. The summed E-state index contributed by atoms with van der Waals surface area (Å²) in [5, 5.41) is 14.2. The molecular weight excluding hydrogens is 538 g/mol. The average Bonchev–Trinajstić information content (AvgIpc) is 3.26. The summed E-state index contributed by atoms with van der Waals surface area (Å²) in [4.78, 5) is 27.7. The van der Waals surface area contributed by atoms with Crippen molar-refractivity contribution in [3.8, 4) is 5.75 Å². The summed E-state index contributed by atoms with van der Waals surface area (Å²) < 4.78 is 71.1. The molecule has 2 N–H and O–H groups in total. The van der Waals surface area contributed by atoms with Gasteiger partial charge in [-0.1, -0.05) is 18.6 Å². The lowest BCUT2D eigenvalue weighted by Gasteiger charge is -2.27. The zero-order chi connectivity index (χ0) is 29.2. The predicted molar refractivity (Wildman–Crippen MR) is 126 cm³/mol. The molecule has 0 spiro atoms. The van der Waals surface area contributed by atoms with Gasteiger partial charge in [-0.3, -0.25) is 9.80 Å². The highest BCUT2D eigenvalue weighted by Gasteiger charge is 2.38. The van der Waals surface area contributed by atoms with Crippen LogP contribution in [-0.2, 0) is 35.8 Å². The van der Waals surface area contributed by atoms with Crippen LogP contribution >= 0.6 is 0 Å². The number of alkyl halides is 6. The Morgan fingerprint density at radius 1 is 0.846 bits per heavy atom. The first-order valence-electron chi connectivity index (χ1n) is 11.9. The average molecular weight is 569 g/mol. The summed E-state index contributed by atoms with van der Waals surface area (Å²) in [6, 6.07) is 8.39. The first kappa shape index (κ1) is 31.9. The lowest BCUT2D eigenvalue weighted by atomic mass is 10.1. The zero-order valence-corrected chi connectivity index (χ0v) is 21.1. The fourth-order valence-electron chi connectivity index (χ4n) is 3.91. The second kappa shape index (κ2) is 14.2. The highest BCUT2D eigenvalue weighted by molar-refractivity contribution is 5.73. The molecule has 2 aromatic rings. The molecule has 1 aromatic heterocycles. The predicted octanol–water partition coefficient (Wildman–Crippen LogP) is 4.16. The molecule has 0 aliphatic carbocycles. The molecular formula is C24H30F6N4O5. The van der Waals surface area contributed by atoms with Crippen LogP contribution in [0.3, 0.4) is 0 Å². The van der Waals surface area contributed by atoms with Crippen molar-refractivity contribution in [1.29, 1.82) is 0 Å². The first-order chi connectivity index (χ1) is 18.2. The second-order valence-electron chi connectivity index (χ2n) is 8.84. The zero-order valence-electron chi connectivity index (χ0n) is 21.1. The molecule has 0 radical (unpaired) electrons. The molecule has 2 aliphatic rings. The van der Waals surface area contributed by atoms with Crippen molar-refractivity contribution < 1.29 is 50.9 Å². The van der Waals surface area contributed by atoms with Crippen LogP contribution in [-0.4, -0.2) is 80.6 Å². The number of likely N-dealkylation sites (tertiary alicyclic amines) is 1. The molecule has 1 aromatic carbocycles. The molecule has 0 amide bonds. The van der Waals surface area contributed by atoms with Crippen LogP contribution in [0, 0.1) is 0 Å². The molecule has 218 valence electrons. The number of ether oxygens (including phenoxy) is 1. The van der Waals surface area contributed by atoms with Gasteiger partial charge < -0.3 is 19.5 Å². The number of carboxylic acid groups (broad SMARTS) is 2. The number of imidazole rings is 1. The van der Waals surface area contributed by atoms with Gasteiger partial charge in [0.05, 0.1) is 19.3 Å². The number of rotatable bonds is 5. The highest BCUT2D eigenvalue weighted by atomic mass is 19.4. The summed E-state index contributed by atoms with van der Waals surface area (Å²) in [6.07, 6.45) is -3.84. The second-order valence-corrected chi connectivity index (χ2v) is 8.84. The molecule has 1 fully saturated rings. The topological polar surface area (TPSA) is 108 Å². The lowest BCUT2D eigenvalue weighted by molar-refractivity contribution is -0.193. The van der Waals surface area contributed by atoms with Crippen LogP contribution in [0.2, 0.25) is 0 Å². The van der Waals surface area contributed by atoms with E-state index in [0.29, 0.717) is 0 Å². The molecule has 1 saturated heterocycles. The third-order valence-electron chi connectivity index (χ3n) is 5.82. The van der Waals surface area contributed by atoms with Gasteiger partial charge in [-0.25, -0.2) is 14.6 Å². The van der Waals surface area contributed by atoms with E-state index < -0.39 is 24.3 Å². The minimum atomic E-state index is -5.08. The fourth-order valence-corrected chi connectivity index (χ4v) is 3.91. The number of fused-ring (bicyclic) bond motifs is 1. The smallest absolute Gasteiger partial charge is 0.490 e. The standard InChI is InChI=1S/C20H28N4O.2C2HF3O2/c1-25-19-7-5-17(6-8-19)13-23-11-12-24-15-18(21-20(24)16-23)14-22-9-3-2-4-10-22;2*3-2(4,5)1(6)7/h5-8,15H,2-4,9-14,16H2,1H3;2*(H,6,7). The van der Waals surface area contributed by atoms with Gasteiger partial charge in [-0.15, -0.1) is 0 Å². The van der Waals surface area contributed by atoms with Crippen LogP contribution in [0.15, 0.2) is 30.5 Å². The van der Waals surface area contributed by atoms with Crippen LogP contribution in [0.5, 0.6) is 5.75 Å². The van der Waals surface area contributed by atoms with Gasteiger partial charge in [-0.05, 0) is 43.6 Å². The van der Waals surface area contributed by atoms with Crippen LogP contribution in [0.1, 0.15) is 36.3 Å². The number of aliphatic carboxylic acids is 2. The maximum Gasteiger partial charge on any atom is 0.490 e. The molecule has 0 saturated carbocycles. The maximum atomic E-state index is 10.6. The third kappa shape index (κ3) is 11.1. The van der Waals surface area contributed by atoms with Gasteiger partial charge in [-0.2, -0.15) is 26.3 Å². The Labute approximate surface area is 220 Å². The van der Waals surface area contributed by atoms with Gasteiger partial charge >= 0.3 is 24.3 Å². The molecule has 0 atom stereocenters. The van der Waals surface area contributed by atoms with Crippen molar-refractivity contribution in [2.75, 3.05) is 26.7 Å². The van der Waals surface area contributed by atoms with Crippen molar-refractivity contribution in [1.82, 2.24) is 19.4 Å². The Hall–Kier alpha value is -3.33. The van der Waals surface area contributed by atoms with E-state index in [9.17, 15) is 26.3 Å². The summed E-state index contributed by atoms with van der Waals surface area (Å²) in [5.41, 5.74) is 2.57. The molecule has 39 heavy (non-hydrogen) atoms. The largest absolute Gasteiger partial charge is 0.497 e. The quantitative estimate of drug-likeness (QED) is 0.518. The molecule has 0 unspecified atom stereocenters. The van der Waals surface area contributed by atoms with E-state index in [1.165, 1.54) is 49.4 Å². The van der Waals surface area contributed by atoms with Crippen LogP contribution in [0.25, 0.3) is 0 Å². The Kier molecular flexibility index (Phi) is 11.6. The normalized spacial score (nSPS) is 16.2. The lowest BCUT2D eigenvalue weighted by Crippen LogP contribution is -2.33. The van der Waals surface area contributed by atoms with Crippen LogP contribution in [0.4, 0.5) is 26.3 Å². The molecule has 2 aliphatic heterocycles. The Bertz CT molecular complexity index is 1040. The number of methoxy groups -OCH3 is 1. The number of aromatic nitrogens is 2. The fraction of sp³-hybridized carbons (Fsp3) is 0.542. The number of carboxylic acids is 2. The number of piperidine rings is 1. The molecule has 9 nitrogen and oxygen atoms in total. The van der Waals surface area contributed by atoms with Gasteiger partial charge in [0.1, 0.15) is 11.6 Å². The molecule has 15 heteroatoms. The summed E-state index contributed by atoms with van der Waals surface area (Å²) in [6.45, 7) is 7.50. The van der Waals surface area contributed by atoms with Gasteiger partial charge in [0, 0.05) is 32.4 Å². The SMILES string of the molecule is COc1ccc(CN2CCn3cc(CN4CCCCC4)nc3C2)cc1.O=C(O)C(F)(F)F.O=C(O)C(F)(F)F. The van der Waals surface area contributed by atoms with Crippen molar-refractivity contribution in [3.05, 3.63) is 47.5 Å². The van der Waals surface area contributed by atoms with Gasteiger partial charge in [0.25, 0.3) is 0 Å². The van der Waals surface area contributed by atoms with Crippen LogP contribution < -0.4 is 4.74 Å². The van der Waals surface area contributed by atoms with E-state index in [-0.39, 0.29) is 0 Å². The Morgan fingerprint density at radius 2 is 1.38 bits per heavy atom. The highest BCUT2D eigenvalue weighted by Crippen LogP contribution is 2.19. The molecule has 3 heterocycles. The van der Waals surface area contributed by atoms with Crippen molar-refractivity contribution in [2.24, 2.45) is 0 Å². The summed E-state index contributed by atoms with van der Waals surface area (Å²) in [7, 11) is 1.71.